The molecule has 0 saturated carbocycles. The van der Waals surface area contributed by atoms with E-state index in [1.54, 1.807) is 0 Å². The highest BCUT2D eigenvalue weighted by atomic mass is 32.3. The molecular formula is C2H8N2O6S4. The summed E-state index contributed by atoms with van der Waals surface area (Å²) in [7, 11) is -7.85. The highest BCUT2D eigenvalue weighted by Crippen LogP contribution is 1.90. The molecule has 0 atom stereocenters. The first kappa shape index (κ1) is 14.4. The van der Waals surface area contributed by atoms with Crippen LogP contribution in [0.4, 0.5) is 0 Å². The van der Waals surface area contributed by atoms with Crippen molar-refractivity contribution in [3.63, 3.8) is 0 Å². The Kier molecular flexibility index (Phi) is 6.31. The van der Waals surface area contributed by atoms with Crippen molar-refractivity contribution in [3.05, 3.63) is 0 Å². The predicted molar refractivity (Wildman–Crippen MR) is 54.0 cm³/mol. The van der Waals surface area contributed by atoms with Crippen molar-refractivity contribution in [2.45, 2.75) is 0 Å². The van der Waals surface area contributed by atoms with E-state index in [4.69, 9.17) is 0 Å². The second-order valence-corrected chi connectivity index (χ2v) is 5.43. The number of nitrogens with one attached hydrogen (secondary N) is 2. The third-order valence-corrected chi connectivity index (χ3v) is 3.56. The Morgan fingerprint density at radius 1 is 0.857 bits per heavy atom. The maximum atomic E-state index is 10.6. The van der Waals surface area contributed by atoms with Crippen molar-refractivity contribution in [2.75, 3.05) is 13.1 Å². The Bertz CT molecular complexity index is 310. The minimum absolute atomic E-state index is 0.209. The maximum absolute atomic E-state index is 10.6. The van der Waals surface area contributed by atoms with Crippen LogP contribution in [0, 0.1) is 0 Å². The van der Waals surface area contributed by atoms with Crippen LogP contribution in [-0.4, -0.2) is 29.9 Å². The van der Waals surface area contributed by atoms with Crippen LogP contribution in [0.15, 0.2) is 0 Å². The molecule has 0 radical (unpaired) electrons. The first-order valence-electron chi connectivity index (χ1n) is 2.98. The molecule has 0 rings (SSSR count). The molecule has 0 heterocycles. The molecule has 0 aliphatic carbocycles. The summed E-state index contributed by atoms with van der Waals surface area (Å²) < 4.78 is 53.4. The van der Waals surface area contributed by atoms with Crippen LogP contribution in [0.3, 0.4) is 0 Å². The average molecular weight is 284 g/mol. The zero-order valence-electron chi connectivity index (χ0n) is 6.57. The van der Waals surface area contributed by atoms with Crippen LogP contribution in [0.1, 0.15) is 0 Å². The highest BCUT2D eigenvalue weighted by Gasteiger charge is 2.10. The highest BCUT2D eigenvalue weighted by molar-refractivity contribution is 7.94. The molecule has 0 amide bonds. The van der Waals surface area contributed by atoms with Crippen LogP contribution >= 0.6 is 25.8 Å². The molecule has 86 valence electrons. The Morgan fingerprint density at radius 2 is 1.14 bits per heavy atom. The molecule has 0 aromatic rings. The van der Waals surface area contributed by atoms with Crippen LogP contribution < -0.4 is 9.44 Å². The van der Waals surface area contributed by atoms with Crippen LogP contribution in [-0.2, 0) is 27.9 Å². The quantitative estimate of drug-likeness (QED) is 0.254. The van der Waals surface area contributed by atoms with Crippen LogP contribution in [0.5, 0.6) is 0 Å². The topological polar surface area (TPSA) is 111 Å². The van der Waals surface area contributed by atoms with E-state index >= 15 is 0 Å². The summed E-state index contributed by atoms with van der Waals surface area (Å²) in [5, 5.41) is 0. The first-order chi connectivity index (χ1) is 6.33. The third kappa shape index (κ3) is 6.83. The van der Waals surface area contributed by atoms with Gasteiger partial charge in [-0.05, 0) is 25.8 Å². The van der Waals surface area contributed by atoms with E-state index in [0.717, 1.165) is 0 Å². The Morgan fingerprint density at radius 3 is 1.36 bits per heavy atom. The Balaban J connectivity index is 3.79. The minimum atomic E-state index is -3.92. The van der Waals surface area contributed by atoms with E-state index in [-0.39, 0.29) is 13.1 Å². The number of hydrogen-bond acceptors (Lipinski definition) is 8. The van der Waals surface area contributed by atoms with Crippen molar-refractivity contribution in [1.29, 1.82) is 0 Å². The normalized spacial score (nSPS) is 13.0. The molecule has 2 N–H and O–H groups in total. The summed E-state index contributed by atoms with van der Waals surface area (Å²) in [5.41, 5.74) is 0. The summed E-state index contributed by atoms with van der Waals surface area (Å²) in [5.74, 6) is 0. The molecular weight excluding hydrogens is 276 g/mol. The van der Waals surface area contributed by atoms with Gasteiger partial charge in [-0.25, -0.2) is 0 Å². The van der Waals surface area contributed by atoms with Gasteiger partial charge in [0.05, 0.1) is 0 Å². The predicted octanol–water partition coefficient (Wildman–Crippen LogP) is -1.62. The first-order valence-corrected chi connectivity index (χ1v) is 6.53. The van der Waals surface area contributed by atoms with Gasteiger partial charge < -0.3 is 0 Å². The van der Waals surface area contributed by atoms with E-state index in [9.17, 15) is 16.8 Å². The van der Waals surface area contributed by atoms with E-state index in [1.165, 1.54) is 0 Å². The standard InChI is InChI=1S/C2H8N2O6S4/c5-13(6,9-11)3-1-2-4-14(7,8)10-12/h3-4,11-12H,1-2H2. The zero-order valence-corrected chi connectivity index (χ0v) is 10.00. The number of thiol groups is 2. The van der Waals surface area contributed by atoms with Gasteiger partial charge >= 0.3 is 20.6 Å². The molecule has 0 aromatic heterocycles. The maximum Gasteiger partial charge on any atom is 0.346 e. The second kappa shape index (κ2) is 6.12. The molecule has 12 heteroatoms. The summed E-state index contributed by atoms with van der Waals surface area (Å²) in [6.45, 7) is -0.418. The molecule has 14 heavy (non-hydrogen) atoms. The second-order valence-electron chi connectivity index (χ2n) is 1.85. The minimum Gasteiger partial charge on any atom is -0.190 e. The fraction of sp³-hybridized carbons (Fsp3) is 1.00. The van der Waals surface area contributed by atoms with Gasteiger partial charge in [0.25, 0.3) is 0 Å². The van der Waals surface area contributed by atoms with Crippen molar-refractivity contribution >= 4 is 46.4 Å². The third-order valence-electron chi connectivity index (χ3n) is 0.879. The van der Waals surface area contributed by atoms with Gasteiger partial charge in [0.2, 0.25) is 0 Å². The van der Waals surface area contributed by atoms with Crippen molar-refractivity contribution in [1.82, 2.24) is 9.44 Å². The molecule has 0 spiro atoms. The van der Waals surface area contributed by atoms with Gasteiger partial charge in [-0.2, -0.15) is 33.5 Å². The molecule has 0 saturated heterocycles. The smallest absolute Gasteiger partial charge is 0.190 e. The van der Waals surface area contributed by atoms with Gasteiger partial charge in [0.1, 0.15) is 0 Å². The van der Waals surface area contributed by atoms with E-state index < -0.39 is 20.6 Å². The lowest BCUT2D eigenvalue weighted by Gasteiger charge is -2.03. The van der Waals surface area contributed by atoms with E-state index in [0.29, 0.717) is 0 Å². The molecule has 0 fully saturated rings. The van der Waals surface area contributed by atoms with Crippen molar-refractivity contribution < 1.29 is 24.1 Å². The molecule has 0 aromatic carbocycles. The monoisotopic (exact) mass is 284 g/mol. The lowest BCUT2D eigenvalue weighted by Crippen LogP contribution is -2.34. The van der Waals surface area contributed by atoms with E-state index in [1.807, 2.05) is 9.44 Å². The van der Waals surface area contributed by atoms with Crippen molar-refractivity contribution in [2.24, 2.45) is 0 Å². The van der Waals surface area contributed by atoms with Crippen LogP contribution in [0.25, 0.3) is 0 Å². The average Bonchev–Trinajstić information content (AvgIpc) is 2.13. The fourth-order valence-electron chi connectivity index (χ4n) is 0.405. The summed E-state index contributed by atoms with van der Waals surface area (Å²) >= 11 is 6.11. The van der Waals surface area contributed by atoms with Crippen LogP contribution in [0.2, 0.25) is 0 Å². The molecule has 0 unspecified atom stereocenters. The lowest BCUT2D eigenvalue weighted by atomic mass is 10.7. The molecule has 0 aliphatic rings. The molecule has 8 nitrogen and oxygen atoms in total. The number of rotatable bonds is 7. The van der Waals surface area contributed by atoms with Crippen molar-refractivity contribution in [3.8, 4) is 0 Å². The Hall–Kier alpha value is 0.440. The summed E-state index contributed by atoms with van der Waals surface area (Å²) in [6.07, 6.45) is 0. The Labute approximate surface area is 93.1 Å². The lowest BCUT2D eigenvalue weighted by molar-refractivity contribution is 0.494. The van der Waals surface area contributed by atoms with E-state index in [2.05, 4.69) is 33.1 Å². The van der Waals surface area contributed by atoms with Gasteiger partial charge in [-0.3, -0.25) is 0 Å². The fourth-order valence-corrected chi connectivity index (χ4v) is 1.53. The zero-order chi connectivity index (χ0) is 11.2. The molecule has 0 bridgehead atoms. The summed E-state index contributed by atoms with van der Waals surface area (Å²) in [4.78, 5) is 0. The SMILES string of the molecule is O=S(=O)(NCCNS(=O)(=O)OS)OS. The largest absolute Gasteiger partial charge is 0.346 e. The van der Waals surface area contributed by atoms with Gasteiger partial charge in [0, 0.05) is 13.1 Å². The van der Waals surface area contributed by atoms with Gasteiger partial charge in [-0.1, -0.05) is 0 Å². The van der Waals surface area contributed by atoms with Gasteiger partial charge in [-0.15, -0.1) is 0 Å². The summed E-state index contributed by atoms with van der Waals surface area (Å²) in [6, 6.07) is 0. The van der Waals surface area contributed by atoms with Gasteiger partial charge in [0.15, 0.2) is 0 Å². The molecule has 0 aliphatic heterocycles. The number of hydrogen-bond donors (Lipinski definition) is 4.